The van der Waals surface area contributed by atoms with Crippen LogP contribution < -0.4 is 5.32 Å². The van der Waals surface area contributed by atoms with Crippen molar-refractivity contribution in [1.82, 2.24) is 5.32 Å². The van der Waals surface area contributed by atoms with Crippen LogP contribution in [0.4, 0.5) is 18.9 Å². The molecule has 1 rings (SSSR count). The third kappa shape index (κ3) is 3.69. The Balaban J connectivity index is 2.93. The molecule has 0 aromatic heterocycles. The number of nitrogens with one attached hydrogen (secondary N) is 1. The SMILES string of the molecule is O=C(NCC(F)(F)F)c1cccc([N+](=O)[O-])c1Br. The van der Waals surface area contributed by atoms with E-state index >= 15 is 0 Å². The molecule has 0 heterocycles. The maximum absolute atomic E-state index is 11.9. The van der Waals surface area contributed by atoms with E-state index in [-0.39, 0.29) is 10.0 Å². The van der Waals surface area contributed by atoms with Crippen LogP contribution >= 0.6 is 15.9 Å². The molecule has 1 aromatic carbocycles. The first-order valence-corrected chi connectivity index (χ1v) is 5.29. The first-order chi connectivity index (χ1) is 8.22. The molecule has 0 saturated carbocycles. The zero-order chi connectivity index (χ0) is 13.9. The van der Waals surface area contributed by atoms with Crippen molar-refractivity contribution in [2.24, 2.45) is 0 Å². The molecule has 18 heavy (non-hydrogen) atoms. The van der Waals surface area contributed by atoms with E-state index in [4.69, 9.17) is 0 Å². The number of carbonyl (C=O) groups excluding carboxylic acids is 1. The highest BCUT2D eigenvalue weighted by atomic mass is 79.9. The fraction of sp³-hybridized carbons (Fsp3) is 0.222. The summed E-state index contributed by atoms with van der Waals surface area (Å²) in [5.74, 6) is -1.04. The van der Waals surface area contributed by atoms with Crippen LogP contribution in [-0.4, -0.2) is 23.6 Å². The van der Waals surface area contributed by atoms with Gasteiger partial charge in [0.15, 0.2) is 0 Å². The Morgan fingerprint density at radius 1 is 1.44 bits per heavy atom. The van der Waals surface area contributed by atoms with Gasteiger partial charge in [-0.25, -0.2) is 0 Å². The molecule has 5 nitrogen and oxygen atoms in total. The smallest absolute Gasteiger partial charge is 0.343 e. The van der Waals surface area contributed by atoms with E-state index < -0.39 is 29.2 Å². The Morgan fingerprint density at radius 2 is 2.06 bits per heavy atom. The molecule has 98 valence electrons. The van der Waals surface area contributed by atoms with Gasteiger partial charge in [-0.2, -0.15) is 13.2 Å². The summed E-state index contributed by atoms with van der Waals surface area (Å²) in [4.78, 5) is 21.3. The minimum absolute atomic E-state index is 0.158. The van der Waals surface area contributed by atoms with Crippen LogP contribution in [0.3, 0.4) is 0 Å². The molecule has 0 bridgehead atoms. The second kappa shape index (κ2) is 5.34. The van der Waals surface area contributed by atoms with E-state index in [9.17, 15) is 28.1 Å². The monoisotopic (exact) mass is 326 g/mol. The number of nitro benzene ring substituents is 1. The average molecular weight is 327 g/mol. The van der Waals surface area contributed by atoms with Crippen LogP contribution in [0, 0.1) is 10.1 Å². The zero-order valence-corrected chi connectivity index (χ0v) is 10.2. The molecule has 0 atom stereocenters. The van der Waals surface area contributed by atoms with Gasteiger partial charge in [0.05, 0.1) is 10.5 Å². The summed E-state index contributed by atoms with van der Waals surface area (Å²) < 4.78 is 35.6. The number of carbonyl (C=O) groups is 1. The van der Waals surface area contributed by atoms with Crippen LogP contribution in [0.15, 0.2) is 22.7 Å². The third-order valence-electron chi connectivity index (χ3n) is 1.87. The van der Waals surface area contributed by atoms with Crippen molar-refractivity contribution in [2.45, 2.75) is 6.18 Å². The second-order valence-corrected chi connectivity index (χ2v) is 3.99. The summed E-state index contributed by atoms with van der Waals surface area (Å²) in [5, 5.41) is 12.2. The summed E-state index contributed by atoms with van der Waals surface area (Å²) in [6.07, 6.45) is -4.54. The van der Waals surface area contributed by atoms with Crippen molar-refractivity contribution in [3.8, 4) is 0 Å². The maximum atomic E-state index is 11.9. The first kappa shape index (κ1) is 14.4. The fourth-order valence-corrected chi connectivity index (χ4v) is 1.70. The number of hydrogen-bond donors (Lipinski definition) is 1. The van der Waals surface area contributed by atoms with Crippen molar-refractivity contribution in [2.75, 3.05) is 6.54 Å². The average Bonchev–Trinajstić information content (AvgIpc) is 2.24. The standard InChI is InChI=1S/C9H6BrF3N2O3/c10-7-5(2-1-3-6(7)15(17)18)8(16)14-4-9(11,12)13/h1-3H,4H2,(H,14,16). The van der Waals surface area contributed by atoms with E-state index in [2.05, 4.69) is 15.9 Å². The topological polar surface area (TPSA) is 72.2 Å². The molecule has 1 aromatic rings. The Morgan fingerprint density at radius 3 is 2.56 bits per heavy atom. The first-order valence-electron chi connectivity index (χ1n) is 4.50. The van der Waals surface area contributed by atoms with Crippen LogP contribution in [0.1, 0.15) is 10.4 Å². The van der Waals surface area contributed by atoms with Crippen molar-refractivity contribution >= 4 is 27.5 Å². The van der Waals surface area contributed by atoms with Gasteiger partial charge in [0.1, 0.15) is 11.0 Å². The molecule has 1 amide bonds. The van der Waals surface area contributed by atoms with Gasteiger partial charge in [-0.15, -0.1) is 0 Å². The van der Waals surface area contributed by atoms with E-state index in [0.29, 0.717) is 0 Å². The quantitative estimate of drug-likeness (QED) is 0.685. The molecule has 0 spiro atoms. The van der Waals surface area contributed by atoms with E-state index in [0.717, 1.165) is 6.07 Å². The number of amides is 1. The summed E-state index contributed by atoms with van der Waals surface area (Å²) in [6.45, 7) is -1.50. The molecule has 0 aliphatic rings. The molecule has 0 aliphatic heterocycles. The molecular formula is C9H6BrF3N2O3. The van der Waals surface area contributed by atoms with Crippen molar-refractivity contribution < 1.29 is 22.9 Å². The Labute approximate surface area is 107 Å². The number of halogens is 4. The van der Waals surface area contributed by atoms with Gasteiger partial charge in [0, 0.05) is 6.07 Å². The van der Waals surface area contributed by atoms with Gasteiger partial charge < -0.3 is 5.32 Å². The number of nitrogens with zero attached hydrogens (tertiary/aromatic N) is 1. The molecule has 0 unspecified atom stereocenters. The van der Waals surface area contributed by atoms with E-state index in [1.165, 1.54) is 12.1 Å². The van der Waals surface area contributed by atoms with Crippen molar-refractivity contribution in [1.29, 1.82) is 0 Å². The summed E-state index contributed by atoms with van der Waals surface area (Å²) >= 11 is 2.82. The maximum Gasteiger partial charge on any atom is 0.405 e. The fourth-order valence-electron chi connectivity index (χ4n) is 1.11. The van der Waals surface area contributed by atoms with Crippen molar-refractivity contribution in [3.05, 3.63) is 38.3 Å². The minimum Gasteiger partial charge on any atom is -0.343 e. The molecule has 0 fully saturated rings. The highest BCUT2D eigenvalue weighted by molar-refractivity contribution is 9.10. The van der Waals surface area contributed by atoms with Crippen LogP contribution in [0.2, 0.25) is 0 Å². The zero-order valence-electron chi connectivity index (χ0n) is 8.62. The lowest BCUT2D eigenvalue weighted by Crippen LogP contribution is -2.33. The van der Waals surface area contributed by atoms with Gasteiger partial charge in [-0.1, -0.05) is 6.07 Å². The Kier molecular flexibility index (Phi) is 4.28. The number of nitro groups is 1. The van der Waals surface area contributed by atoms with Gasteiger partial charge in [-0.05, 0) is 22.0 Å². The molecule has 0 aliphatic carbocycles. The largest absolute Gasteiger partial charge is 0.405 e. The Bertz CT molecular complexity index is 490. The lowest BCUT2D eigenvalue weighted by atomic mass is 10.2. The molecule has 0 saturated heterocycles. The molecular weight excluding hydrogens is 321 g/mol. The minimum atomic E-state index is -4.54. The number of benzene rings is 1. The molecule has 1 N–H and O–H groups in total. The lowest BCUT2D eigenvalue weighted by molar-refractivity contribution is -0.385. The van der Waals surface area contributed by atoms with Gasteiger partial charge in [0.2, 0.25) is 0 Å². The predicted molar refractivity (Wildman–Crippen MR) is 59.2 cm³/mol. The number of alkyl halides is 3. The van der Waals surface area contributed by atoms with Crippen LogP contribution in [-0.2, 0) is 0 Å². The summed E-state index contributed by atoms with van der Waals surface area (Å²) in [5.41, 5.74) is -0.622. The highest BCUT2D eigenvalue weighted by Crippen LogP contribution is 2.28. The molecule has 9 heteroatoms. The Hall–Kier alpha value is -1.64. The third-order valence-corrected chi connectivity index (χ3v) is 2.70. The lowest BCUT2D eigenvalue weighted by Gasteiger charge is -2.09. The van der Waals surface area contributed by atoms with Crippen LogP contribution in [0.25, 0.3) is 0 Å². The van der Waals surface area contributed by atoms with Gasteiger partial charge in [0.25, 0.3) is 11.6 Å². The normalized spacial score (nSPS) is 11.1. The van der Waals surface area contributed by atoms with E-state index in [1.807, 2.05) is 0 Å². The summed E-state index contributed by atoms with van der Waals surface area (Å²) in [7, 11) is 0. The second-order valence-electron chi connectivity index (χ2n) is 3.19. The van der Waals surface area contributed by atoms with Gasteiger partial charge in [-0.3, -0.25) is 14.9 Å². The van der Waals surface area contributed by atoms with Crippen molar-refractivity contribution in [3.63, 3.8) is 0 Å². The van der Waals surface area contributed by atoms with E-state index in [1.54, 1.807) is 5.32 Å². The molecule has 0 radical (unpaired) electrons. The number of hydrogen-bond acceptors (Lipinski definition) is 3. The summed E-state index contributed by atoms with van der Waals surface area (Å²) in [6, 6.07) is 3.53. The highest BCUT2D eigenvalue weighted by Gasteiger charge is 2.29. The number of rotatable bonds is 3. The van der Waals surface area contributed by atoms with Gasteiger partial charge >= 0.3 is 6.18 Å². The predicted octanol–water partition coefficient (Wildman–Crippen LogP) is 2.65. The van der Waals surface area contributed by atoms with Crippen LogP contribution in [0.5, 0.6) is 0 Å².